The molecule has 4 saturated carbocycles. The van der Waals surface area contributed by atoms with Crippen LogP contribution in [0, 0.1) is 44.8 Å². The Morgan fingerprint density at radius 3 is 1.81 bits per heavy atom. The summed E-state index contributed by atoms with van der Waals surface area (Å²) in [5.74, 6) is -0.399. The number of ether oxygens (including phenoxy) is 8. The number of hydrogen-bond acceptors (Lipinski definition) is 23. The Labute approximate surface area is 450 Å². The Morgan fingerprint density at radius 1 is 0.610 bits per heavy atom. The van der Waals surface area contributed by atoms with Crippen molar-refractivity contribution < 1.29 is 114 Å². The fourth-order valence-corrected chi connectivity index (χ4v) is 16.4. The second kappa shape index (κ2) is 22.8. The van der Waals surface area contributed by atoms with E-state index in [0.29, 0.717) is 37.7 Å². The van der Waals surface area contributed by atoms with Gasteiger partial charge in [0.1, 0.15) is 91.6 Å². The van der Waals surface area contributed by atoms with Crippen molar-refractivity contribution in [3.05, 3.63) is 12.2 Å². The fourth-order valence-electron chi connectivity index (χ4n) is 16.4. The minimum atomic E-state index is -1.83. The first-order valence-corrected chi connectivity index (χ1v) is 27.8. The van der Waals surface area contributed by atoms with Crippen LogP contribution in [0.3, 0.4) is 0 Å². The predicted molar refractivity (Wildman–Crippen MR) is 266 cm³/mol. The van der Waals surface area contributed by atoms with Crippen molar-refractivity contribution in [2.45, 2.75) is 254 Å². The number of aliphatic hydroxyl groups excluding tert-OH is 15. The van der Waals surface area contributed by atoms with E-state index in [0.717, 1.165) is 12.8 Å². The van der Waals surface area contributed by atoms with E-state index in [9.17, 15) is 76.6 Å². The van der Waals surface area contributed by atoms with E-state index in [1.165, 1.54) is 0 Å². The maximum Gasteiger partial charge on any atom is 0.187 e. The molecule has 0 aromatic heterocycles. The van der Waals surface area contributed by atoms with Gasteiger partial charge in [0, 0.05) is 5.41 Å². The van der Waals surface area contributed by atoms with Crippen LogP contribution in [0.4, 0.5) is 0 Å². The Kier molecular flexibility index (Phi) is 18.3. The molecule has 15 N–H and O–H groups in total. The maximum absolute atomic E-state index is 13.0. The number of aliphatic hydroxyl groups is 15. The van der Waals surface area contributed by atoms with Crippen LogP contribution >= 0.6 is 0 Å². The highest BCUT2D eigenvalue weighted by molar-refractivity contribution is 5.23. The summed E-state index contributed by atoms with van der Waals surface area (Å²) in [6.07, 6.45) is -27.6. The molecule has 0 bridgehead atoms. The first kappa shape index (κ1) is 61.9. The molecule has 0 spiro atoms. The van der Waals surface area contributed by atoms with Gasteiger partial charge in [0.25, 0.3) is 0 Å². The highest BCUT2D eigenvalue weighted by Crippen LogP contribution is 2.78. The molecule has 4 aliphatic carbocycles. The quantitative estimate of drug-likeness (QED) is 0.0576. The van der Waals surface area contributed by atoms with Crippen molar-refractivity contribution in [1.29, 1.82) is 0 Å². The van der Waals surface area contributed by atoms with Crippen molar-refractivity contribution in [2.75, 3.05) is 26.4 Å². The summed E-state index contributed by atoms with van der Waals surface area (Å²) in [6.45, 7) is 18.5. The lowest BCUT2D eigenvalue weighted by Gasteiger charge is -2.71. The van der Waals surface area contributed by atoms with Gasteiger partial charge in [0.15, 0.2) is 25.2 Å². The largest absolute Gasteiger partial charge is 0.394 e. The maximum atomic E-state index is 13.0. The van der Waals surface area contributed by atoms with Crippen LogP contribution in [0.2, 0.25) is 0 Å². The monoisotopic (exact) mass is 1110 g/mol. The summed E-state index contributed by atoms with van der Waals surface area (Å²) >= 11 is 0. The molecule has 77 heavy (non-hydrogen) atoms. The van der Waals surface area contributed by atoms with E-state index in [1.54, 1.807) is 6.92 Å². The van der Waals surface area contributed by atoms with Crippen molar-refractivity contribution in [3.8, 4) is 0 Å². The molecule has 446 valence electrons. The summed E-state index contributed by atoms with van der Waals surface area (Å²) in [5.41, 5.74) is -3.43. The lowest BCUT2D eigenvalue weighted by Crippen LogP contribution is -2.69. The first-order chi connectivity index (χ1) is 35.9. The zero-order valence-corrected chi connectivity index (χ0v) is 45.8. The van der Waals surface area contributed by atoms with Crippen LogP contribution in [0.1, 0.15) is 113 Å². The third-order valence-electron chi connectivity index (χ3n) is 21.5. The van der Waals surface area contributed by atoms with Gasteiger partial charge in [-0.3, -0.25) is 0 Å². The fraction of sp³-hybridized carbons (Fsp3) is 0.963. The van der Waals surface area contributed by atoms with Crippen molar-refractivity contribution in [3.63, 3.8) is 0 Å². The highest BCUT2D eigenvalue weighted by atomic mass is 16.8. The molecule has 8 rings (SSSR count). The number of hydrogen-bond donors (Lipinski definition) is 15. The molecule has 0 amide bonds. The normalized spacial score (nSPS) is 53.1. The van der Waals surface area contributed by atoms with Gasteiger partial charge in [-0.15, -0.1) is 0 Å². The third-order valence-corrected chi connectivity index (χ3v) is 21.5. The molecule has 4 heterocycles. The molecule has 23 heteroatoms. The Bertz CT molecular complexity index is 2020. The SMILES string of the molecule is C=C(C)[C@H](O)CC[C@](C)(O[C@@H]1O[C@H](CO[C@@H]2OC[C@@H](O)[C@H](O)[C@H]2O)[C@@H](O)[C@H](O)[C@H]1O)[C@@]1(C)CC[C@]2(C)[C@@H]1[C@H](O)C[C@@H]1[C@@]3(C)CC[C@H](O[C@@H]4O[C@H](CO)[C@@H](O)[C@H](O)[C@H]4O[C@@H]4O[C@H](CO)[C@@H](O)[C@H](O)[C@H]4O)C(C)(C)[C@@H]3CC[C@]12C. The smallest absolute Gasteiger partial charge is 0.187 e. The van der Waals surface area contributed by atoms with Gasteiger partial charge >= 0.3 is 0 Å². The van der Waals surface area contributed by atoms with Crippen LogP contribution in [0.25, 0.3) is 0 Å². The van der Waals surface area contributed by atoms with E-state index >= 15 is 0 Å². The molecule has 0 unspecified atom stereocenters. The van der Waals surface area contributed by atoms with Crippen LogP contribution in [-0.2, 0) is 37.9 Å². The van der Waals surface area contributed by atoms with Crippen LogP contribution < -0.4 is 0 Å². The van der Waals surface area contributed by atoms with Crippen LogP contribution in [0.5, 0.6) is 0 Å². The van der Waals surface area contributed by atoms with E-state index in [2.05, 4.69) is 48.1 Å². The van der Waals surface area contributed by atoms with Crippen LogP contribution in [0.15, 0.2) is 12.2 Å². The van der Waals surface area contributed by atoms with E-state index < -0.39 is 183 Å². The lowest BCUT2D eigenvalue weighted by molar-refractivity contribution is -0.378. The standard InChI is InChI=1S/C54H92O23/c1-23(2)24(57)10-15-54(9,77-47-42(69)38(65)36(63)29(74-47)22-71-45-40(67)33(60)26(59)21-70-45)53(8)17-16-52(7)44(53)25(58)18-31-50(5)13-12-32(49(3,4)30(50)11-14-51(31,52)6)75-48-43(39(66)35(62)28(20-56)73-48)76-46-41(68)37(64)34(61)27(19-55)72-46/h24-48,55-69H,1,10-22H2,2-9H3/t24-,25-,26-,27-,28-,29-,30+,31-,32+,33+,34-,35-,36-,37+,38+,39+,40-,41-,42-,43-,44+,45+,46+,47+,48+,50+,51-,52-,53+,54+/m1/s1. The van der Waals surface area contributed by atoms with E-state index in [4.69, 9.17) is 37.9 Å². The Hall–Kier alpha value is -1.18. The van der Waals surface area contributed by atoms with E-state index in [-0.39, 0.29) is 42.1 Å². The van der Waals surface area contributed by atoms with Crippen molar-refractivity contribution in [1.82, 2.24) is 0 Å². The van der Waals surface area contributed by atoms with Crippen molar-refractivity contribution >= 4 is 0 Å². The molecule has 8 fully saturated rings. The summed E-state index contributed by atoms with van der Waals surface area (Å²) in [7, 11) is 0. The Balaban J connectivity index is 1.03. The van der Waals surface area contributed by atoms with Gasteiger partial charge in [-0.1, -0.05) is 53.7 Å². The second-order valence-electron chi connectivity index (χ2n) is 26.0. The van der Waals surface area contributed by atoms with Gasteiger partial charge in [0.05, 0.1) is 50.3 Å². The summed E-state index contributed by atoms with van der Waals surface area (Å²) < 4.78 is 48.8. The van der Waals surface area contributed by atoms with Gasteiger partial charge < -0.3 is 114 Å². The molecule has 4 saturated heterocycles. The molecule has 0 aromatic rings. The number of rotatable bonds is 16. The van der Waals surface area contributed by atoms with Gasteiger partial charge in [-0.05, 0) is 111 Å². The zero-order valence-electron chi connectivity index (χ0n) is 45.8. The molecule has 0 radical (unpaired) electrons. The average molecular weight is 1110 g/mol. The molecular formula is C54H92O23. The number of fused-ring (bicyclic) bond motifs is 5. The third kappa shape index (κ3) is 10.5. The Morgan fingerprint density at radius 2 is 1.18 bits per heavy atom. The first-order valence-electron chi connectivity index (χ1n) is 27.8. The van der Waals surface area contributed by atoms with Gasteiger partial charge in [-0.25, -0.2) is 0 Å². The van der Waals surface area contributed by atoms with Crippen molar-refractivity contribution in [2.24, 2.45) is 44.8 Å². The molecule has 23 nitrogen and oxygen atoms in total. The second-order valence-corrected chi connectivity index (χ2v) is 26.0. The summed E-state index contributed by atoms with van der Waals surface area (Å²) in [4.78, 5) is 0. The molecular weight excluding hydrogens is 1020 g/mol. The highest BCUT2D eigenvalue weighted by Gasteiger charge is 2.75. The minimum Gasteiger partial charge on any atom is -0.394 e. The predicted octanol–water partition coefficient (Wildman–Crippen LogP) is -2.20. The summed E-state index contributed by atoms with van der Waals surface area (Å²) in [5, 5.41) is 163. The molecule has 8 aliphatic rings. The van der Waals surface area contributed by atoms with Gasteiger partial charge in [-0.2, -0.15) is 0 Å². The topological polar surface area (TPSA) is 377 Å². The summed E-state index contributed by atoms with van der Waals surface area (Å²) in [6, 6.07) is 0. The molecule has 0 aromatic carbocycles. The average Bonchev–Trinajstić information content (AvgIpc) is 3.96. The zero-order chi connectivity index (χ0) is 56.9. The van der Waals surface area contributed by atoms with Gasteiger partial charge in [0.2, 0.25) is 0 Å². The molecule has 30 atom stereocenters. The molecule has 4 aliphatic heterocycles. The van der Waals surface area contributed by atoms with Crippen LogP contribution in [-0.4, -0.2) is 244 Å². The lowest BCUT2D eigenvalue weighted by atomic mass is 9.34. The van der Waals surface area contributed by atoms with E-state index in [1.807, 2.05) is 6.92 Å². The minimum absolute atomic E-state index is 0.00847.